The largest absolute Gasteiger partial charge is 0.756 e. The number of phosphoric ester groups is 1. The summed E-state index contributed by atoms with van der Waals surface area (Å²) in [6, 6.07) is 0. The minimum absolute atomic E-state index is 0.0837. The number of amides is 1. The Morgan fingerprint density at radius 3 is 1.16 bits per heavy atom. The molecule has 0 radical (unpaired) electrons. The van der Waals surface area contributed by atoms with Crippen LogP contribution in [0.15, 0.2) is 0 Å². The summed E-state index contributed by atoms with van der Waals surface area (Å²) in [4.78, 5) is 33.0. The van der Waals surface area contributed by atoms with E-state index < -0.39 is 20.5 Å². The standard InChI is InChI=1S/C48H99N2O6P/c1-5-7-9-11-13-15-17-19-21-23-24-26-28-30-32-34-36-38-41-46(40-37-35-33-31-29-27-25-22-20-18-16-14-12-10-8-6-2)48(52)49-42-39-43-50(3,4)44-47(51)45-56-57(53,54)55/h46-47,51H,5-45H2,1-4H3,(H2-,49,52,53,54,55). The lowest BCUT2D eigenvalue weighted by Crippen LogP contribution is -2.48. The lowest BCUT2D eigenvalue weighted by molar-refractivity contribution is -0.893. The number of nitrogens with one attached hydrogen (secondary N) is 1. The zero-order valence-corrected chi connectivity index (χ0v) is 39.5. The second-order valence-corrected chi connectivity index (χ2v) is 19.7. The highest BCUT2D eigenvalue weighted by molar-refractivity contribution is 7.44. The van der Waals surface area contributed by atoms with Crippen molar-refractivity contribution in [1.82, 2.24) is 5.32 Å². The highest BCUT2D eigenvalue weighted by atomic mass is 31.2. The summed E-state index contributed by atoms with van der Waals surface area (Å²) in [5.41, 5.74) is 0. The van der Waals surface area contributed by atoms with Gasteiger partial charge < -0.3 is 29.2 Å². The maximum atomic E-state index is 13.4. The third kappa shape index (κ3) is 43.4. The highest BCUT2D eigenvalue weighted by Crippen LogP contribution is 2.30. The van der Waals surface area contributed by atoms with Crippen LogP contribution in [0.25, 0.3) is 0 Å². The fraction of sp³-hybridized carbons (Fsp3) is 0.979. The molecule has 0 aromatic heterocycles. The van der Waals surface area contributed by atoms with Crippen LogP contribution in [0.1, 0.15) is 251 Å². The van der Waals surface area contributed by atoms with Crippen molar-refractivity contribution < 1.29 is 33.3 Å². The maximum Gasteiger partial charge on any atom is 0.265 e. The molecule has 0 heterocycles. The Kier molecular flexibility index (Phi) is 40.5. The Labute approximate surface area is 355 Å². The van der Waals surface area contributed by atoms with E-state index in [-0.39, 0.29) is 18.4 Å². The molecule has 342 valence electrons. The summed E-state index contributed by atoms with van der Waals surface area (Å²) in [5, 5.41) is 13.4. The van der Waals surface area contributed by atoms with Gasteiger partial charge in [0.2, 0.25) is 5.91 Å². The second-order valence-electron chi connectivity index (χ2n) is 18.5. The summed E-state index contributed by atoms with van der Waals surface area (Å²) in [5.74, 6) is 0.274. The van der Waals surface area contributed by atoms with Crippen molar-refractivity contribution >= 4 is 13.7 Å². The molecule has 1 amide bonds. The van der Waals surface area contributed by atoms with Gasteiger partial charge in [-0.1, -0.05) is 232 Å². The summed E-state index contributed by atoms with van der Waals surface area (Å²) >= 11 is 0. The van der Waals surface area contributed by atoms with E-state index in [0.717, 1.165) is 32.1 Å². The zero-order chi connectivity index (χ0) is 42.1. The van der Waals surface area contributed by atoms with Crippen molar-refractivity contribution in [2.45, 2.75) is 258 Å². The monoisotopic (exact) mass is 831 g/mol. The van der Waals surface area contributed by atoms with Gasteiger partial charge in [0, 0.05) is 18.9 Å². The van der Waals surface area contributed by atoms with Crippen molar-refractivity contribution in [3.05, 3.63) is 0 Å². The number of hydrogen-bond acceptors (Lipinski definition) is 5. The smallest absolute Gasteiger partial charge is 0.265 e. The third-order valence-electron chi connectivity index (χ3n) is 12.1. The van der Waals surface area contributed by atoms with Crippen LogP contribution in [0.3, 0.4) is 0 Å². The number of unbranched alkanes of at least 4 members (excludes halogenated alkanes) is 32. The van der Waals surface area contributed by atoms with Crippen LogP contribution in [-0.2, 0) is 13.9 Å². The summed E-state index contributed by atoms with van der Waals surface area (Å²) in [7, 11) is -0.934. The van der Waals surface area contributed by atoms with Gasteiger partial charge in [-0.05, 0) is 12.8 Å². The van der Waals surface area contributed by atoms with E-state index in [1.165, 1.54) is 205 Å². The van der Waals surface area contributed by atoms with Crippen molar-refractivity contribution in [3.63, 3.8) is 0 Å². The highest BCUT2D eigenvalue weighted by Gasteiger charge is 2.22. The molecule has 0 bridgehead atoms. The van der Waals surface area contributed by atoms with Gasteiger partial charge in [-0.15, -0.1) is 0 Å². The van der Waals surface area contributed by atoms with Crippen molar-refractivity contribution in [3.8, 4) is 0 Å². The lowest BCUT2D eigenvalue weighted by atomic mass is 9.93. The van der Waals surface area contributed by atoms with Gasteiger partial charge in [0.15, 0.2) is 0 Å². The first-order valence-corrected chi connectivity index (χ1v) is 26.5. The molecule has 0 aliphatic heterocycles. The predicted octanol–water partition coefficient (Wildman–Crippen LogP) is 13.1. The summed E-state index contributed by atoms with van der Waals surface area (Å²) in [6.45, 7) is 5.70. The molecule has 0 fully saturated rings. The van der Waals surface area contributed by atoms with Gasteiger partial charge in [-0.3, -0.25) is 9.36 Å². The Hall–Kier alpha value is -0.500. The fourth-order valence-electron chi connectivity index (χ4n) is 8.40. The van der Waals surface area contributed by atoms with E-state index in [0.29, 0.717) is 17.6 Å². The van der Waals surface area contributed by atoms with Gasteiger partial charge in [0.05, 0.1) is 27.2 Å². The minimum Gasteiger partial charge on any atom is -0.756 e. The first kappa shape index (κ1) is 56.5. The molecule has 0 saturated heterocycles. The van der Waals surface area contributed by atoms with Gasteiger partial charge in [0.1, 0.15) is 12.6 Å². The molecule has 3 N–H and O–H groups in total. The molecular formula is C48H99N2O6P. The molecule has 3 unspecified atom stereocenters. The second kappa shape index (κ2) is 40.9. The molecule has 8 nitrogen and oxygen atoms in total. The van der Waals surface area contributed by atoms with E-state index in [9.17, 15) is 19.4 Å². The summed E-state index contributed by atoms with van der Waals surface area (Å²) in [6.07, 6.45) is 48.0. The van der Waals surface area contributed by atoms with Crippen LogP contribution in [0, 0.1) is 5.92 Å². The predicted molar refractivity (Wildman–Crippen MR) is 242 cm³/mol. The molecule has 0 aliphatic carbocycles. The SMILES string of the molecule is CCCCCCCCCCCCCCCCCCCCC(CCCCCCCCCCCCCCCCCC)C(=O)NCCC[N+](C)(C)CC(O)COP(=O)([O-])O. The Morgan fingerprint density at radius 2 is 0.860 bits per heavy atom. The lowest BCUT2D eigenvalue weighted by Gasteiger charge is -2.32. The molecule has 0 aliphatic rings. The van der Waals surface area contributed by atoms with Gasteiger partial charge in [0.25, 0.3) is 7.82 Å². The average molecular weight is 831 g/mol. The Balaban J connectivity index is 4.31. The van der Waals surface area contributed by atoms with Crippen molar-refractivity contribution in [2.24, 2.45) is 5.92 Å². The first-order valence-electron chi connectivity index (χ1n) is 25.0. The Morgan fingerprint density at radius 1 is 0.561 bits per heavy atom. The zero-order valence-electron chi connectivity index (χ0n) is 38.6. The molecule has 3 atom stereocenters. The van der Waals surface area contributed by atoms with E-state index in [4.69, 9.17) is 4.89 Å². The number of quaternary nitrogens is 1. The molecule has 0 aromatic carbocycles. The summed E-state index contributed by atoms with van der Waals surface area (Å²) < 4.78 is 15.7. The van der Waals surface area contributed by atoms with Gasteiger partial charge in [-0.25, -0.2) is 0 Å². The van der Waals surface area contributed by atoms with E-state index in [1.54, 1.807) is 0 Å². The van der Waals surface area contributed by atoms with Gasteiger partial charge in [-0.2, -0.15) is 0 Å². The van der Waals surface area contributed by atoms with E-state index in [1.807, 2.05) is 14.1 Å². The van der Waals surface area contributed by atoms with Crippen LogP contribution < -0.4 is 10.2 Å². The van der Waals surface area contributed by atoms with Crippen molar-refractivity contribution in [1.29, 1.82) is 0 Å². The van der Waals surface area contributed by atoms with Crippen LogP contribution in [0.4, 0.5) is 0 Å². The number of likely N-dealkylation sites (N-methyl/N-ethyl adjacent to an activating group) is 1. The maximum absolute atomic E-state index is 13.4. The van der Waals surface area contributed by atoms with Crippen LogP contribution in [0.5, 0.6) is 0 Å². The average Bonchev–Trinajstić information content (AvgIpc) is 3.16. The number of phosphoric acid groups is 1. The Bertz CT molecular complexity index is 900. The number of carbonyl (C=O) groups is 1. The fourth-order valence-corrected chi connectivity index (χ4v) is 8.76. The van der Waals surface area contributed by atoms with Gasteiger partial charge >= 0.3 is 0 Å². The molecule has 57 heavy (non-hydrogen) atoms. The molecule has 0 spiro atoms. The minimum atomic E-state index is -4.85. The van der Waals surface area contributed by atoms with Crippen LogP contribution >= 0.6 is 7.82 Å². The number of aliphatic hydroxyl groups is 1. The first-order chi connectivity index (χ1) is 27.5. The molecular weight excluding hydrogens is 732 g/mol. The molecule has 9 heteroatoms. The molecule has 0 saturated carbocycles. The quantitative estimate of drug-likeness (QED) is 0.0319. The number of nitrogens with zero attached hydrogens (tertiary/aromatic N) is 1. The van der Waals surface area contributed by atoms with Crippen molar-refractivity contribution in [2.75, 3.05) is 40.3 Å². The number of carbonyl (C=O) groups excluding carboxylic acids is 1. The molecule has 0 rings (SSSR count). The molecule has 0 aromatic rings. The number of hydrogen-bond donors (Lipinski definition) is 3. The number of rotatable bonds is 46. The van der Waals surface area contributed by atoms with E-state index in [2.05, 4.69) is 23.7 Å². The number of aliphatic hydroxyl groups excluding tert-OH is 1. The topological polar surface area (TPSA) is 119 Å². The normalized spacial score (nSPS) is 14.2. The van der Waals surface area contributed by atoms with E-state index >= 15 is 0 Å². The third-order valence-corrected chi connectivity index (χ3v) is 12.5. The van der Waals surface area contributed by atoms with Crippen LogP contribution in [0.2, 0.25) is 0 Å². The van der Waals surface area contributed by atoms with Crippen LogP contribution in [-0.4, -0.2) is 66.8 Å².